The number of aromatic nitrogens is 1. The van der Waals surface area contributed by atoms with Gasteiger partial charge in [-0.25, -0.2) is 0 Å². The van der Waals surface area contributed by atoms with Crippen LogP contribution in [0.5, 0.6) is 0 Å². The van der Waals surface area contributed by atoms with E-state index in [1.165, 1.54) is 12.0 Å². The first-order chi connectivity index (χ1) is 5.27. The molecular weight excluding hydrogens is 138 g/mol. The fourth-order valence-electron chi connectivity index (χ4n) is 1.72. The minimum Gasteiger partial charge on any atom is -0.361 e. The van der Waals surface area contributed by atoms with E-state index in [0.717, 1.165) is 30.2 Å². The minimum atomic E-state index is 0.806. The molecule has 0 N–H and O–H groups in total. The van der Waals surface area contributed by atoms with Gasteiger partial charge in [-0.3, -0.25) is 0 Å². The van der Waals surface area contributed by atoms with Crippen LogP contribution < -0.4 is 0 Å². The van der Waals surface area contributed by atoms with E-state index in [9.17, 15) is 0 Å². The van der Waals surface area contributed by atoms with Crippen molar-refractivity contribution in [2.75, 3.05) is 0 Å². The van der Waals surface area contributed by atoms with E-state index in [1.807, 2.05) is 6.92 Å². The van der Waals surface area contributed by atoms with Gasteiger partial charge >= 0.3 is 0 Å². The van der Waals surface area contributed by atoms with Gasteiger partial charge in [-0.1, -0.05) is 12.1 Å². The molecule has 1 aliphatic rings. The van der Waals surface area contributed by atoms with Crippen LogP contribution in [-0.2, 0) is 12.8 Å². The van der Waals surface area contributed by atoms with Crippen molar-refractivity contribution in [3.05, 3.63) is 17.0 Å². The molecule has 1 aromatic heterocycles. The topological polar surface area (TPSA) is 26.0 Å². The highest BCUT2D eigenvalue weighted by molar-refractivity contribution is 5.24. The molecule has 1 aliphatic carbocycles. The lowest BCUT2D eigenvalue weighted by Gasteiger charge is -2.15. The van der Waals surface area contributed by atoms with Crippen LogP contribution in [0.15, 0.2) is 4.52 Å². The third-order valence-corrected chi connectivity index (χ3v) is 2.48. The molecule has 0 amide bonds. The third-order valence-electron chi connectivity index (χ3n) is 2.48. The first-order valence-electron chi connectivity index (χ1n) is 4.21. The van der Waals surface area contributed by atoms with Gasteiger partial charge in [0.25, 0.3) is 0 Å². The highest BCUT2D eigenvalue weighted by Crippen LogP contribution is 2.26. The Bertz CT molecular complexity index is 265. The Hall–Kier alpha value is -0.790. The quantitative estimate of drug-likeness (QED) is 0.567. The molecule has 0 fully saturated rings. The van der Waals surface area contributed by atoms with E-state index in [1.54, 1.807) is 0 Å². The van der Waals surface area contributed by atoms with Gasteiger partial charge < -0.3 is 4.52 Å². The molecule has 11 heavy (non-hydrogen) atoms. The standard InChI is InChI=1S/C9H13NO/c1-6-3-4-9-8(5-6)7(2)10-11-9/h6H,3-5H2,1-2H3. The number of nitrogens with zero attached hydrogens (tertiary/aromatic N) is 1. The van der Waals surface area contributed by atoms with Crippen LogP contribution in [0.25, 0.3) is 0 Å². The number of rotatable bonds is 0. The summed E-state index contributed by atoms with van der Waals surface area (Å²) in [6.07, 6.45) is 3.49. The van der Waals surface area contributed by atoms with Crippen molar-refractivity contribution in [3.63, 3.8) is 0 Å². The minimum absolute atomic E-state index is 0.806. The average Bonchev–Trinajstić information content (AvgIpc) is 2.33. The monoisotopic (exact) mass is 151 g/mol. The summed E-state index contributed by atoms with van der Waals surface area (Å²) < 4.78 is 5.19. The summed E-state index contributed by atoms with van der Waals surface area (Å²) in [4.78, 5) is 0. The fraction of sp³-hybridized carbons (Fsp3) is 0.667. The highest BCUT2D eigenvalue weighted by Gasteiger charge is 2.20. The summed E-state index contributed by atoms with van der Waals surface area (Å²) in [6.45, 7) is 4.32. The summed E-state index contributed by atoms with van der Waals surface area (Å²) in [7, 11) is 0. The van der Waals surface area contributed by atoms with Crippen LogP contribution in [0.1, 0.15) is 30.4 Å². The zero-order chi connectivity index (χ0) is 7.84. The van der Waals surface area contributed by atoms with Crippen molar-refractivity contribution in [1.29, 1.82) is 0 Å². The van der Waals surface area contributed by atoms with E-state index in [-0.39, 0.29) is 0 Å². The first kappa shape index (κ1) is 6.89. The number of hydrogen-bond acceptors (Lipinski definition) is 2. The van der Waals surface area contributed by atoms with Crippen LogP contribution in [0, 0.1) is 12.8 Å². The molecule has 1 heterocycles. The SMILES string of the molecule is Cc1noc2c1CC(C)CC2. The summed E-state index contributed by atoms with van der Waals surface area (Å²) in [5.74, 6) is 1.93. The van der Waals surface area contributed by atoms with E-state index in [0.29, 0.717) is 0 Å². The average molecular weight is 151 g/mol. The molecular formula is C9H13NO. The van der Waals surface area contributed by atoms with Crippen LogP contribution in [-0.4, -0.2) is 5.16 Å². The van der Waals surface area contributed by atoms with Crippen molar-refractivity contribution in [2.45, 2.75) is 33.1 Å². The van der Waals surface area contributed by atoms with Gasteiger partial charge in [-0.05, 0) is 25.7 Å². The molecule has 1 atom stereocenters. The van der Waals surface area contributed by atoms with Gasteiger partial charge in [-0.15, -0.1) is 0 Å². The van der Waals surface area contributed by atoms with Gasteiger partial charge in [0.2, 0.25) is 0 Å². The first-order valence-corrected chi connectivity index (χ1v) is 4.21. The maximum atomic E-state index is 5.19. The molecule has 1 aromatic rings. The molecule has 0 aromatic carbocycles. The second-order valence-electron chi connectivity index (χ2n) is 3.52. The molecule has 0 saturated heterocycles. The molecule has 2 nitrogen and oxygen atoms in total. The highest BCUT2D eigenvalue weighted by atomic mass is 16.5. The zero-order valence-electron chi connectivity index (χ0n) is 7.05. The van der Waals surface area contributed by atoms with E-state index >= 15 is 0 Å². The van der Waals surface area contributed by atoms with Gasteiger partial charge in [0.15, 0.2) is 0 Å². The second kappa shape index (κ2) is 2.36. The normalized spacial score (nSPS) is 23.3. The van der Waals surface area contributed by atoms with Crippen molar-refractivity contribution >= 4 is 0 Å². The van der Waals surface area contributed by atoms with Gasteiger partial charge in [-0.2, -0.15) is 0 Å². The lowest BCUT2D eigenvalue weighted by atomic mass is 9.88. The molecule has 0 aliphatic heterocycles. The van der Waals surface area contributed by atoms with Crippen LogP contribution >= 0.6 is 0 Å². The largest absolute Gasteiger partial charge is 0.361 e. The Morgan fingerprint density at radius 1 is 1.55 bits per heavy atom. The molecule has 1 unspecified atom stereocenters. The number of hydrogen-bond donors (Lipinski definition) is 0. The van der Waals surface area contributed by atoms with Crippen LogP contribution in [0.2, 0.25) is 0 Å². The smallest absolute Gasteiger partial charge is 0.140 e. The van der Waals surface area contributed by atoms with Gasteiger partial charge in [0, 0.05) is 12.0 Å². The van der Waals surface area contributed by atoms with Crippen molar-refractivity contribution < 1.29 is 4.52 Å². The molecule has 0 saturated carbocycles. The van der Waals surface area contributed by atoms with Gasteiger partial charge in [0.1, 0.15) is 5.76 Å². The van der Waals surface area contributed by atoms with Gasteiger partial charge in [0.05, 0.1) is 5.69 Å². The predicted octanol–water partition coefficient (Wildman–Crippen LogP) is 2.11. The third kappa shape index (κ3) is 1.06. The Balaban J connectivity index is 2.37. The zero-order valence-corrected chi connectivity index (χ0v) is 7.05. The predicted molar refractivity (Wildman–Crippen MR) is 42.4 cm³/mol. The van der Waals surface area contributed by atoms with E-state index in [2.05, 4.69) is 12.1 Å². The second-order valence-corrected chi connectivity index (χ2v) is 3.52. The molecule has 0 bridgehead atoms. The summed E-state index contributed by atoms with van der Waals surface area (Å²) in [5.41, 5.74) is 2.45. The molecule has 0 spiro atoms. The Morgan fingerprint density at radius 3 is 3.18 bits per heavy atom. The molecule has 2 rings (SSSR count). The Morgan fingerprint density at radius 2 is 2.36 bits per heavy atom. The number of aryl methyl sites for hydroxylation is 2. The Labute approximate surface area is 66.6 Å². The van der Waals surface area contributed by atoms with Crippen LogP contribution in [0.4, 0.5) is 0 Å². The van der Waals surface area contributed by atoms with E-state index in [4.69, 9.17) is 4.52 Å². The summed E-state index contributed by atoms with van der Waals surface area (Å²) in [6, 6.07) is 0. The van der Waals surface area contributed by atoms with Crippen LogP contribution in [0.3, 0.4) is 0 Å². The molecule has 2 heteroatoms. The summed E-state index contributed by atoms with van der Waals surface area (Å²) >= 11 is 0. The van der Waals surface area contributed by atoms with Crippen molar-refractivity contribution in [2.24, 2.45) is 5.92 Å². The lowest BCUT2D eigenvalue weighted by Crippen LogP contribution is -2.09. The summed E-state index contributed by atoms with van der Waals surface area (Å²) in [5, 5.41) is 3.96. The fourth-order valence-corrected chi connectivity index (χ4v) is 1.72. The Kier molecular flexibility index (Phi) is 1.48. The van der Waals surface area contributed by atoms with Crippen molar-refractivity contribution in [1.82, 2.24) is 5.16 Å². The maximum Gasteiger partial charge on any atom is 0.140 e. The molecule has 0 radical (unpaired) electrons. The lowest BCUT2D eigenvalue weighted by molar-refractivity contribution is 0.354. The van der Waals surface area contributed by atoms with E-state index < -0.39 is 0 Å². The van der Waals surface area contributed by atoms with Crippen molar-refractivity contribution in [3.8, 4) is 0 Å². The maximum absolute atomic E-state index is 5.19. The molecule has 60 valence electrons. The number of fused-ring (bicyclic) bond motifs is 1.